The van der Waals surface area contributed by atoms with Crippen LogP contribution in [0.5, 0.6) is 0 Å². The number of carbonyl (C=O) groups excluding carboxylic acids is 1. The zero-order chi connectivity index (χ0) is 13.9. The fourth-order valence-corrected chi connectivity index (χ4v) is 1.41. The molecule has 0 fully saturated rings. The van der Waals surface area contributed by atoms with Crippen molar-refractivity contribution in [1.29, 1.82) is 0 Å². The predicted octanol–water partition coefficient (Wildman–Crippen LogP) is 2.13. The summed E-state index contributed by atoms with van der Waals surface area (Å²) >= 11 is 0. The number of amides is 1. The smallest absolute Gasteiger partial charge is 0.270 e. The van der Waals surface area contributed by atoms with Crippen LogP contribution < -0.4 is 10.6 Å². The Kier molecular flexibility index (Phi) is 4.27. The van der Waals surface area contributed by atoms with Gasteiger partial charge in [-0.05, 0) is 47.6 Å². The van der Waals surface area contributed by atoms with Gasteiger partial charge >= 0.3 is 0 Å². The molecular formula is C13H22N4O. The van der Waals surface area contributed by atoms with Crippen LogP contribution in [-0.2, 0) is 0 Å². The Bertz CT molecular complexity index is 435. The number of anilines is 1. The molecule has 1 aromatic heterocycles. The number of hydrogen-bond donors (Lipinski definition) is 2. The quantitative estimate of drug-likeness (QED) is 0.862. The molecule has 1 heterocycles. The molecule has 0 atom stereocenters. The first kappa shape index (κ1) is 14.4. The van der Waals surface area contributed by atoms with E-state index in [1.54, 1.807) is 6.07 Å². The SMILES string of the molecule is Cc1cc(C(=O)NC(C)C)nc(NC(C)(C)C)n1. The largest absolute Gasteiger partial charge is 0.350 e. The molecule has 5 nitrogen and oxygen atoms in total. The van der Waals surface area contributed by atoms with Crippen LogP contribution in [0.15, 0.2) is 6.07 Å². The second kappa shape index (κ2) is 5.33. The molecule has 100 valence electrons. The van der Waals surface area contributed by atoms with Crippen molar-refractivity contribution in [1.82, 2.24) is 15.3 Å². The summed E-state index contributed by atoms with van der Waals surface area (Å²) in [5.41, 5.74) is 1.02. The number of aryl methyl sites for hydroxylation is 1. The van der Waals surface area contributed by atoms with Crippen molar-refractivity contribution in [2.75, 3.05) is 5.32 Å². The van der Waals surface area contributed by atoms with Gasteiger partial charge in [0.2, 0.25) is 5.95 Å². The minimum Gasteiger partial charge on any atom is -0.350 e. The van der Waals surface area contributed by atoms with Crippen LogP contribution in [0.4, 0.5) is 5.95 Å². The summed E-state index contributed by atoms with van der Waals surface area (Å²) in [5, 5.41) is 5.99. The summed E-state index contributed by atoms with van der Waals surface area (Å²) in [6, 6.07) is 1.78. The average molecular weight is 250 g/mol. The number of aromatic nitrogens is 2. The Morgan fingerprint density at radius 2 is 1.89 bits per heavy atom. The molecule has 1 amide bonds. The van der Waals surface area contributed by atoms with E-state index in [2.05, 4.69) is 20.6 Å². The van der Waals surface area contributed by atoms with E-state index in [-0.39, 0.29) is 17.5 Å². The summed E-state index contributed by atoms with van der Waals surface area (Å²) in [5.74, 6) is 0.309. The van der Waals surface area contributed by atoms with Crippen molar-refractivity contribution in [2.45, 2.75) is 53.1 Å². The molecule has 0 unspecified atom stereocenters. The second-order valence-corrected chi connectivity index (χ2v) is 5.72. The Labute approximate surface area is 108 Å². The number of rotatable bonds is 3. The number of nitrogens with zero attached hydrogens (tertiary/aromatic N) is 2. The zero-order valence-corrected chi connectivity index (χ0v) is 12.0. The van der Waals surface area contributed by atoms with Crippen molar-refractivity contribution in [3.8, 4) is 0 Å². The maximum atomic E-state index is 11.9. The minimum absolute atomic E-state index is 0.0896. The van der Waals surface area contributed by atoms with E-state index in [9.17, 15) is 4.79 Å². The van der Waals surface area contributed by atoms with Gasteiger partial charge in [-0.15, -0.1) is 0 Å². The van der Waals surface area contributed by atoms with Crippen molar-refractivity contribution < 1.29 is 4.79 Å². The van der Waals surface area contributed by atoms with E-state index >= 15 is 0 Å². The van der Waals surface area contributed by atoms with Crippen LogP contribution in [-0.4, -0.2) is 27.5 Å². The van der Waals surface area contributed by atoms with Crippen molar-refractivity contribution in [2.24, 2.45) is 0 Å². The molecule has 0 bridgehead atoms. The van der Waals surface area contributed by atoms with Crippen molar-refractivity contribution >= 4 is 11.9 Å². The van der Waals surface area contributed by atoms with Gasteiger partial charge in [-0.3, -0.25) is 4.79 Å². The highest BCUT2D eigenvalue weighted by Crippen LogP contribution is 2.11. The molecule has 0 aliphatic heterocycles. The predicted molar refractivity (Wildman–Crippen MR) is 72.7 cm³/mol. The molecule has 1 rings (SSSR count). The van der Waals surface area contributed by atoms with E-state index < -0.39 is 0 Å². The van der Waals surface area contributed by atoms with E-state index in [0.29, 0.717) is 11.6 Å². The summed E-state index contributed by atoms with van der Waals surface area (Å²) < 4.78 is 0. The van der Waals surface area contributed by atoms with Gasteiger partial charge in [0.25, 0.3) is 5.91 Å². The molecule has 0 saturated heterocycles. The Morgan fingerprint density at radius 1 is 1.28 bits per heavy atom. The van der Waals surface area contributed by atoms with Gasteiger partial charge in [-0.2, -0.15) is 0 Å². The lowest BCUT2D eigenvalue weighted by molar-refractivity contribution is 0.0938. The van der Waals surface area contributed by atoms with Gasteiger partial charge < -0.3 is 10.6 Å². The summed E-state index contributed by atoms with van der Waals surface area (Å²) in [6.45, 7) is 11.7. The monoisotopic (exact) mass is 250 g/mol. The lowest BCUT2D eigenvalue weighted by Crippen LogP contribution is -2.32. The topological polar surface area (TPSA) is 66.9 Å². The molecule has 5 heteroatoms. The van der Waals surface area contributed by atoms with Crippen LogP contribution in [0.2, 0.25) is 0 Å². The standard InChI is InChI=1S/C13H22N4O/c1-8(2)14-11(18)10-7-9(3)15-12(16-10)17-13(4,5)6/h7-8H,1-6H3,(H,14,18)(H,15,16,17). The summed E-state index contributed by atoms with van der Waals surface area (Å²) in [4.78, 5) is 20.4. The Hall–Kier alpha value is -1.65. The fourth-order valence-electron chi connectivity index (χ4n) is 1.41. The number of carbonyl (C=O) groups is 1. The first-order chi connectivity index (χ1) is 8.17. The first-order valence-corrected chi connectivity index (χ1v) is 6.12. The van der Waals surface area contributed by atoms with Gasteiger partial charge in [-0.25, -0.2) is 9.97 Å². The van der Waals surface area contributed by atoms with Crippen LogP contribution in [0.3, 0.4) is 0 Å². The molecular weight excluding hydrogens is 228 g/mol. The van der Waals surface area contributed by atoms with Crippen molar-refractivity contribution in [3.05, 3.63) is 17.5 Å². The van der Waals surface area contributed by atoms with Gasteiger partial charge in [0, 0.05) is 17.3 Å². The third kappa shape index (κ3) is 4.69. The normalized spacial score (nSPS) is 11.5. The zero-order valence-electron chi connectivity index (χ0n) is 12.0. The Balaban J connectivity index is 2.97. The maximum Gasteiger partial charge on any atom is 0.270 e. The van der Waals surface area contributed by atoms with E-state index in [1.807, 2.05) is 41.5 Å². The molecule has 0 radical (unpaired) electrons. The van der Waals surface area contributed by atoms with E-state index in [1.165, 1.54) is 0 Å². The molecule has 2 N–H and O–H groups in total. The molecule has 0 spiro atoms. The molecule has 0 aliphatic carbocycles. The average Bonchev–Trinajstić information content (AvgIpc) is 2.12. The van der Waals surface area contributed by atoms with Crippen LogP contribution >= 0.6 is 0 Å². The third-order valence-electron chi connectivity index (χ3n) is 1.99. The third-order valence-corrected chi connectivity index (χ3v) is 1.99. The summed E-state index contributed by atoms with van der Waals surface area (Å²) in [7, 11) is 0. The number of nitrogens with one attached hydrogen (secondary N) is 2. The van der Waals surface area contributed by atoms with Crippen LogP contribution in [0.1, 0.15) is 50.8 Å². The first-order valence-electron chi connectivity index (χ1n) is 6.12. The fraction of sp³-hybridized carbons (Fsp3) is 0.615. The van der Waals surface area contributed by atoms with Crippen molar-refractivity contribution in [3.63, 3.8) is 0 Å². The lowest BCUT2D eigenvalue weighted by Gasteiger charge is -2.21. The second-order valence-electron chi connectivity index (χ2n) is 5.72. The van der Waals surface area contributed by atoms with E-state index in [0.717, 1.165) is 5.69 Å². The molecule has 18 heavy (non-hydrogen) atoms. The molecule has 0 aliphatic rings. The van der Waals surface area contributed by atoms with Gasteiger partial charge in [0.1, 0.15) is 5.69 Å². The molecule has 1 aromatic rings. The molecule has 0 saturated carbocycles. The van der Waals surface area contributed by atoms with Gasteiger partial charge in [0.15, 0.2) is 0 Å². The lowest BCUT2D eigenvalue weighted by atomic mass is 10.1. The minimum atomic E-state index is -0.174. The van der Waals surface area contributed by atoms with Gasteiger partial charge in [0.05, 0.1) is 0 Å². The highest BCUT2D eigenvalue weighted by Gasteiger charge is 2.15. The van der Waals surface area contributed by atoms with Gasteiger partial charge in [-0.1, -0.05) is 0 Å². The number of hydrogen-bond acceptors (Lipinski definition) is 4. The van der Waals surface area contributed by atoms with Crippen LogP contribution in [0.25, 0.3) is 0 Å². The van der Waals surface area contributed by atoms with E-state index in [4.69, 9.17) is 0 Å². The molecule has 0 aromatic carbocycles. The van der Waals surface area contributed by atoms with Crippen LogP contribution in [0, 0.1) is 6.92 Å². The highest BCUT2D eigenvalue weighted by molar-refractivity contribution is 5.92. The maximum absolute atomic E-state index is 11.9. The Morgan fingerprint density at radius 3 is 2.39 bits per heavy atom. The summed E-state index contributed by atoms with van der Waals surface area (Å²) in [6.07, 6.45) is 0. The highest BCUT2D eigenvalue weighted by atomic mass is 16.1.